The molecule has 11 heteroatoms. The predicted octanol–water partition coefficient (Wildman–Crippen LogP) is 3.06. The van der Waals surface area contributed by atoms with Crippen LogP contribution in [0.15, 0.2) is 65.8 Å². The Kier molecular flexibility index (Phi) is 5.22. The summed E-state index contributed by atoms with van der Waals surface area (Å²) in [6.45, 7) is 3.34. The molecule has 2 aliphatic heterocycles. The zero-order chi connectivity index (χ0) is 26.0. The molecule has 5 heterocycles. The van der Waals surface area contributed by atoms with E-state index in [9.17, 15) is 13.5 Å². The van der Waals surface area contributed by atoms with Gasteiger partial charge in [0.2, 0.25) is 0 Å². The Hall–Kier alpha value is -3.93. The van der Waals surface area contributed by atoms with Gasteiger partial charge in [-0.3, -0.25) is 4.40 Å². The standard InChI is InChI=1S/C27H25N5O5S/c1-16-2-5-19(6-3-16)38(34,35)31-9-8-21-27(31)29-15-22-25(17-4-7-23-24(12-17)37-11-10-36-23)30-26(32(21)22)20-13-18(33)14-28-20/h2-9,12,15,18,20,28,33H,10-11,13-14H2,1H3. The number of imidazole rings is 1. The summed E-state index contributed by atoms with van der Waals surface area (Å²) in [6.07, 6.45) is 3.18. The van der Waals surface area contributed by atoms with Crippen LogP contribution in [0.1, 0.15) is 23.9 Å². The monoisotopic (exact) mass is 531 g/mol. The molecule has 1 saturated heterocycles. The Labute approximate surface area is 218 Å². The molecule has 0 aliphatic carbocycles. The minimum absolute atomic E-state index is 0.186. The van der Waals surface area contributed by atoms with Crippen molar-refractivity contribution in [2.75, 3.05) is 19.8 Å². The van der Waals surface area contributed by atoms with Gasteiger partial charge in [0.1, 0.15) is 19.0 Å². The molecule has 7 rings (SSSR count). The van der Waals surface area contributed by atoms with Gasteiger partial charge in [-0.05, 0) is 49.7 Å². The normalized spacial score (nSPS) is 19.4. The van der Waals surface area contributed by atoms with Crippen LogP contribution in [0.3, 0.4) is 0 Å². The van der Waals surface area contributed by atoms with Crippen molar-refractivity contribution < 1.29 is 23.0 Å². The third-order valence-electron chi connectivity index (χ3n) is 7.11. The highest BCUT2D eigenvalue weighted by Gasteiger charge is 2.30. The van der Waals surface area contributed by atoms with E-state index in [1.54, 1.807) is 36.5 Å². The van der Waals surface area contributed by atoms with Crippen molar-refractivity contribution in [3.8, 4) is 22.8 Å². The van der Waals surface area contributed by atoms with Crippen molar-refractivity contribution in [3.63, 3.8) is 0 Å². The summed E-state index contributed by atoms with van der Waals surface area (Å²) in [5, 5.41) is 13.6. The van der Waals surface area contributed by atoms with Crippen LogP contribution in [-0.2, 0) is 10.0 Å². The molecule has 0 bridgehead atoms. The van der Waals surface area contributed by atoms with E-state index in [1.165, 1.54) is 10.2 Å². The number of aliphatic hydroxyl groups is 1. The van der Waals surface area contributed by atoms with E-state index >= 15 is 0 Å². The molecule has 2 aliphatic rings. The number of rotatable bonds is 4. The third-order valence-corrected chi connectivity index (χ3v) is 8.79. The predicted molar refractivity (Wildman–Crippen MR) is 140 cm³/mol. The Morgan fingerprint density at radius 3 is 2.58 bits per heavy atom. The molecule has 194 valence electrons. The summed E-state index contributed by atoms with van der Waals surface area (Å²) in [4.78, 5) is 9.80. The first-order chi connectivity index (χ1) is 18.4. The van der Waals surface area contributed by atoms with E-state index in [4.69, 9.17) is 14.5 Å². The Bertz CT molecular complexity index is 1810. The summed E-state index contributed by atoms with van der Waals surface area (Å²) in [7, 11) is -3.87. The summed E-state index contributed by atoms with van der Waals surface area (Å²) in [5.74, 6) is 2.01. The van der Waals surface area contributed by atoms with E-state index in [-0.39, 0.29) is 10.9 Å². The summed E-state index contributed by atoms with van der Waals surface area (Å²) in [6, 6.07) is 14.0. The zero-order valence-corrected chi connectivity index (χ0v) is 21.4. The fraction of sp³-hybridized carbons (Fsp3) is 0.259. The second-order valence-electron chi connectivity index (χ2n) is 9.64. The highest BCUT2D eigenvalue weighted by atomic mass is 32.2. The number of hydrogen-bond donors (Lipinski definition) is 2. The van der Waals surface area contributed by atoms with Gasteiger partial charge in [0.25, 0.3) is 10.0 Å². The molecule has 5 aromatic rings. The molecule has 2 atom stereocenters. The second kappa shape index (κ2) is 8.55. The largest absolute Gasteiger partial charge is 0.486 e. The highest BCUT2D eigenvalue weighted by molar-refractivity contribution is 7.90. The molecule has 0 amide bonds. The highest BCUT2D eigenvalue weighted by Crippen LogP contribution is 2.38. The van der Waals surface area contributed by atoms with Gasteiger partial charge in [0.05, 0.1) is 40.0 Å². The Morgan fingerprint density at radius 2 is 1.82 bits per heavy atom. The van der Waals surface area contributed by atoms with Gasteiger partial charge in [-0.25, -0.2) is 22.4 Å². The maximum Gasteiger partial charge on any atom is 0.269 e. The van der Waals surface area contributed by atoms with Crippen LogP contribution >= 0.6 is 0 Å². The van der Waals surface area contributed by atoms with Crippen LogP contribution in [0.4, 0.5) is 0 Å². The van der Waals surface area contributed by atoms with E-state index in [2.05, 4.69) is 10.3 Å². The molecular weight excluding hydrogens is 506 g/mol. The quantitative estimate of drug-likeness (QED) is 0.363. The molecule has 0 spiro atoms. The Balaban J connectivity index is 1.44. The fourth-order valence-corrected chi connectivity index (χ4v) is 6.50. The molecule has 0 saturated carbocycles. The molecule has 0 radical (unpaired) electrons. The average molecular weight is 532 g/mol. The lowest BCUT2D eigenvalue weighted by molar-refractivity contribution is 0.171. The SMILES string of the molecule is Cc1ccc(S(=O)(=O)n2ccc3c2ncc2c(-c4ccc5c(c4)OCCO5)nc(C4CC(O)CN4)n23)cc1. The van der Waals surface area contributed by atoms with Gasteiger partial charge in [0, 0.05) is 18.3 Å². The number of aliphatic hydroxyl groups excluding tert-OH is 1. The van der Waals surface area contributed by atoms with Crippen LogP contribution in [0, 0.1) is 6.92 Å². The van der Waals surface area contributed by atoms with Crippen molar-refractivity contribution in [2.45, 2.75) is 30.4 Å². The minimum Gasteiger partial charge on any atom is -0.486 e. The number of nitrogens with one attached hydrogen (secondary N) is 1. The van der Waals surface area contributed by atoms with Crippen LogP contribution in [-0.4, -0.2) is 57.7 Å². The molecule has 38 heavy (non-hydrogen) atoms. The van der Waals surface area contributed by atoms with E-state index < -0.39 is 16.1 Å². The first-order valence-electron chi connectivity index (χ1n) is 12.4. The fourth-order valence-electron chi connectivity index (χ4n) is 5.21. The maximum atomic E-state index is 13.5. The van der Waals surface area contributed by atoms with Crippen molar-refractivity contribution in [2.24, 2.45) is 0 Å². The number of fused-ring (bicyclic) bond motifs is 4. The number of nitrogens with zero attached hydrogens (tertiary/aromatic N) is 4. The van der Waals surface area contributed by atoms with Crippen LogP contribution < -0.4 is 14.8 Å². The zero-order valence-electron chi connectivity index (χ0n) is 20.5. The van der Waals surface area contributed by atoms with Crippen molar-refractivity contribution in [1.82, 2.24) is 23.7 Å². The number of β-amino-alcohol motifs (C(OH)–C–C–N with tert-alkyl or cyclic N) is 1. The van der Waals surface area contributed by atoms with E-state index in [1.807, 2.05) is 29.5 Å². The maximum absolute atomic E-state index is 13.5. The number of ether oxygens (including phenoxy) is 2. The van der Waals surface area contributed by atoms with Gasteiger partial charge in [-0.2, -0.15) is 0 Å². The van der Waals surface area contributed by atoms with Gasteiger partial charge in [-0.15, -0.1) is 0 Å². The van der Waals surface area contributed by atoms with E-state index in [0.717, 1.165) is 16.6 Å². The van der Waals surface area contributed by atoms with Crippen LogP contribution in [0.5, 0.6) is 11.5 Å². The lowest BCUT2D eigenvalue weighted by Gasteiger charge is -2.18. The van der Waals surface area contributed by atoms with Crippen LogP contribution in [0.25, 0.3) is 27.9 Å². The average Bonchev–Trinajstić information content (AvgIpc) is 3.65. The number of aryl methyl sites for hydroxylation is 1. The van der Waals surface area contributed by atoms with Crippen molar-refractivity contribution in [3.05, 3.63) is 72.3 Å². The van der Waals surface area contributed by atoms with Crippen molar-refractivity contribution >= 4 is 26.7 Å². The van der Waals surface area contributed by atoms with Crippen LogP contribution in [0.2, 0.25) is 0 Å². The molecular formula is C27H25N5O5S. The minimum atomic E-state index is -3.87. The lowest BCUT2D eigenvalue weighted by atomic mass is 10.1. The molecule has 2 N–H and O–H groups in total. The lowest BCUT2D eigenvalue weighted by Crippen LogP contribution is -2.17. The first kappa shape index (κ1) is 23.2. The summed E-state index contributed by atoms with van der Waals surface area (Å²) in [5.41, 5.74) is 4.10. The topological polar surface area (TPSA) is 120 Å². The van der Waals surface area contributed by atoms with Gasteiger partial charge < -0.3 is 19.9 Å². The molecule has 3 aromatic heterocycles. The Morgan fingerprint density at radius 1 is 1.03 bits per heavy atom. The first-order valence-corrected chi connectivity index (χ1v) is 13.9. The molecule has 2 unspecified atom stereocenters. The summed E-state index contributed by atoms with van der Waals surface area (Å²) < 4.78 is 41.7. The van der Waals surface area contributed by atoms with E-state index in [0.29, 0.717) is 60.4 Å². The van der Waals surface area contributed by atoms with Gasteiger partial charge in [0.15, 0.2) is 17.1 Å². The molecule has 2 aromatic carbocycles. The number of aromatic nitrogens is 4. The smallest absolute Gasteiger partial charge is 0.269 e. The number of hydrogen-bond acceptors (Lipinski definition) is 8. The van der Waals surface area contributed by atoms with Gasteiger partial charge >= 0.3 is 0 Å². The summed E-state index contributed by atoms with van der Waals surface area (Å²) >= 11 is 0. The van der Waals surface area contributed by atoms with Gasteiger partial charge in [-0.1, -0.05) is 17.7 Å². The number of benzene rings is 2. The molecule has 10 nitrogen and oxygen atoms in total. The third kappa shape index (κ3) is 3.57. The second-order valence-corrected chi connectivity index (χ2v) is 11.5. The van der Waals surface area contributed by atoms with Crippen molar-refractivity contribution in [1.29, 1.82) is 0 Å². The molecule has 1 fully saturated rings.